The van der Waals surface area contributed by atoms with Crippen molar-refractivity contribution in [2.24, 2.45) is 0 Å². The molecular weight excluding hydrogens is 364 g/mol. The van der Waals surface area contributed by atoms with Crippen molar-refractivity contribution in [3.05, 3.63) is 45.6 Å². The molecule has 4 nitrogen and oxygen atoms in total. The second kappa shape index (κ2) is 7.74. The number of halogens is 1. The Balaban J connectivity index is 2.52. The Morgan fingerprint density at radius 3 is 2.73 bits per heavy atom. The molecular formula is C16H19BrN2O2S. The van der Waals surface area contributed by atoms with Crippen LogP contribution in [0.5, 0.6) is 0 Å². The number of ether oxygens (including phenoxy) is 1. The van der Waals surface area contributed by atoms with Gasteiger partial charge in [0.2, 0.25) is 0 Å². The van der Waals surface area contributed by atoms with Crippen LogP contribution in [-0.2, 0) is 9.53 Å². The van der Waals surface area contributed by atoms with Gasteiger partial charge in [-0.15, -0.1) is 0 Å². The van der Waals surface area contributed by atoms with Gasteiger partial charge >= 0.3 is 5.97 Å². The number of carbonyl (C=O) groups is 1. The van der Waals surface area contributed by atoms with Crippen LogP contribution in [0.2, 0.25) is 0 Å². The third-order valence-corrected chi connectivity index (χ3v) is 4.31. The number of thiocarbonyl (C=S) groups is 1. The van der Waals surface area contributed by atoms with E-state index in [0.717, 1.165) is 28.6 Å². The molecule has 0 fully saturated rings. The highest BCUT2D eigenvalue weighted by atomic mass is 79.9. The van der Waals surface area contributed by atoms with Crippen molar-refractivity contribution in [2.75, 3.05) is 6.61 Å². The van der Waals surface area contributed by atoms with E-state index in [2.05, 4.69) is 33.5 Å². The molecule has 0 spiro atoms. The largest absolute Gasteiger partial charge is 0.463 e. The smallest absolute Gasteiger partial charge is 0.338 e. The van der Waals surface area contributed by atoms with Crippen LogP contribution in [0, 0.1) is 0 Å². The Kier molecular flexibility index (Phi) is 5.97. The molecule has 2 rings (SSSR count). The van der Waals surface area contributed by atoms with Gasteiger partial charge in [-0.2, -0.15) is 0 Å². The van der Waals surface area contributed by atoms with Crippen molar-refractivity contribution in [3.8, 4) is 0 Å². The summed E-state index contributed by atoms with van der Waals surface area (Å²) in [4.78, 5) is 12.5. The van der Waals surface area contributed by atoms with Crippen LogP contribution in [0.4, 0.5) is 0 Å². The molecule has 0 aromatic heterocycles. The van der Waals surface area contributed by atoms with Gasteiger partial charge in [-0.1, -0.05) is 47.5 Å². The maximum absolute atomic E-state index is 12.5. The predicted molar refractivity (Wildman–Crippen MR) is 94.3 cm³/mol. The Hall–Kier alpha value is -1.40. The quantitative estimate of drug-likeness (QED) is 0.601. The lowest BCUT2D eigenvalue weighted by Crippen LogP contribution is -2.45. The minimum absolute atomic E-state index is 0.311. The SMILES string of the molecule is CCCC1=C(C(=O)OCC)C(c2ccccc2Br)NC(=S)N1. The molecule has 6 heteroatoms. The molecule has 0 radical (unpaired) electrons. The van der Waals surface area contributed by atoms with Crippen molar-refractivity contribution in [3.63, 3.8) is 0 Å². The summed E-state index contributed by atoms with van der Waals surface area (Å²) in [6.07, 6.45) is 1.66. The minimum atomic E-state index is -0.315. The van der Waals surface area contributed by atoms with E-state index in [9.17, 15) is 4.79 Å². The molecule has 2 N–H and O–H groups in total. The molecule has 0 saturated heterocycles. The van der Waals surface area contributed by atoms with Gasteiger partial charge in [-0.3, -0.25) is 0 Å². The summed E-state index contributed by atoms with van der Waals surface area (Å²) in [5, 5.41) is 6.82. The topological polar surface area (TPSA) is 50.4 Å². The number of carbonyl (C=O) groups excluding carboxylic acids is 1. The van der Waals surface area contributed by atoms with Gasteiger partial charge in [-0.05, 0) is 37.2 Å². The summed E-state index contributed by atoms with van der Waals surface area (Å²) in [7, 11) is 0. The third kappa shape index (κ3) is 3.67. The zero-order chi connectivity index (χ0) is 16.1. The zero-order valence-electron chi connectivity index (χ0n) is 12.6. The van der Waals surface area contributed by atoms with E-state index in [0.29, 0.717) is 17.3 Å². The lowest BCUT2D eigenvalue weighted by atomic mass is 9.94. The van der Waals surface area contributed by atoms with Gasteiger partial charge < -0.3 is 15.4 Å². The lowest BCUT2D eigenvalue weighted by molar-refractivity contribution is -0.139. The van der Waals surface area contributed by atoms with Gasteiger partial charge in [-0.25, -0.2) is 4.79 Å². The van der Waals surface area contributed by atoms with Crippen LogP contribution >= 0.6 is 28.1 Å². The molecule has 0 bridgehead atoms. The highest BCUT2D eigenvalue weighted by molar-refractivity contribution is 9.10. The van der Waals surface area contributed by atoms with Crippen molar-refractivity contribution in [2.45, 2.75) is 32.7 Å². The first-order chi connectivity index (χ1) is 10.6. The van der Waals surface area contributed by atoms with Crippen molar-refractivity contribution in [1.29, 1.82) is 0 Å². The van der Waals surface area contributed by atoms with Crippen molar-refractivity contribution in [1.82, 2.24) is 10.6 Å². The number of hydrogen-bond acceptors (Lipinski definition) is 3. The Labute approximate surface area is 144 Å². The molecule has 1 aromatic rings. The van der Waals surface area contributed by atoms with Gasteiger partial charge in [0.05, 0.1) is 18.2 Å². The number of benzene rings is 1. The summed E-state index contributed by atoms with van der Waals surface area (Å²) in [6, 6.07) is 7.48. The second-order valence-electron chi connectivity index (χ2n) is 4.92. The molecule has 22 heavy (non-hydrogen) atoms. The highest BCUT2D eigenvalue weighted by Gasteiger charge is 2.32. The van der Waals surface area contributed by atoms with Gasteiger partial charge in [0, 0.05) is 10.2 Å². The predicted octanol–water partition coefficient (Wildman–Crippen LogP) is 3.59. The first kappa shape index (κ1) is 17.0. The standard InChI is InChI=1S/C16H19BrN2O2S/c1-3-7-12-13(15(20)21-4-2)14(19-16(22)18-12)10-8-5-6-9-11(10)17/h5-6,8-9,14H,3-4,7H2,1-2H3,(H2,18,19,22). The summed E-state index contributed by atoms with van der Waals surface area (Å²) < 4.78 is 6.18. The Morgan fingerprint density at radius 1 is 1.36 bits per heavy atom. The maximum Gasteiger partial charge on any atom is 0.338 e. The molecule has 1 aliphatic heterocycles. The van der Waals surface area contributed by atoms with E-state index in [4.69, 9.17) is 17.0 Å². The van der Waals surface area contributed by atoms with E-state index in [-0.39, 0.29) is 12.0 Å². The number of hydrogen-bond donors (Lipinski definition) is 2. The summed E-state index contributed by atoms with van der Waals surface area (Å²) in [5.74, 6) is -0.311. The number of nitrogens with one attached hydrogen (secondary N) is 2. The van der Waals surface area contributed by atoms with E-state index in [1.807, 2.05) is 24.3 Å². The summed E-state index contributed by atoms with van der Waals surface area (Å²) in [6.45, 7) is 4.21. The Morgan fingerprint density at radius 2 is 2.09 bits per heavy atom. The van der Waals surface area contributed by atoms with Crippen molar-refractivity contribution < 1.29 is 9.53 Å². The summed E-state index contributed by atoms with van der Waals surface area (Å²) >= 11 is 8.85. The van der Waals surface area contributed by atoms with Gasteiger partial charge in [0.25, 0.3) is 0 Å². The second-order valence-corrected chi connectivity index (χ2v) is 6.18. The molecule has 118 valence electrons. The fourth-order valence-electron chi connectivity index (χ4n) is 2.46. The highest BCUT2D eigenvalue weighted by Crippen LogP contribution is 2.33. The monoisotopic (exact) mass is 382 g/mol. The van der Waals surface area contributed by atoms with Crippen LogP contribution in [0.3, 0.4) is 0 Å². The zero-order valence-corrected chi connectivity index (χ0v) is 15.0. The normalized spacial score (nSPS) is 17.8. The van der Waals surface area contributed by atoms with Crippen LogP contribution in [-0.4, -0.2) is 17.7 Å². The van der Waals surface area contributed by atoms with E-state index >= 15 is 0 Å². The number of allylic oxidation sites excluding steroid dienone is 1. The molecule has 0 saturated carbocycles. The molecule has 1 atom stereocenters. The van der Waals surface area contributed by atoms with Crippen LogP contribution in [0.15, 0.2) is 40.0 Å². The lowest BCUT2D eigenvalue weighted by Gasteiger charge is -2.31. The average Bonchev–Trinajstić information content (AvgIpc) is 2.47. The first-order valence-corrected chi connectivity index (χ1v) is 8.50. The molecule has 1 heterocycles. The Bertz CT molecular complexity index is 616. The fraction of sp³-hybridized carbons (Fsp3) is 0.375. The summed E-state index contributed by atoms with van der Waals surface area (Å²) in [5.41, 5.74) is 2.40. The molecule has 1 aliphatic rings. The van der Waals surface area contributed by atoms with E-state index < -0.39 is 0 Å². The van der Waals surface area contributed by atoms with Crippen LogP contribution in [0.25, 0.3) is 0 Å². The first-order valence-electron chi connectivity index (χ1n) is 7.30. The minimum Gasteiger partial charge on any atom is -0.463 e. The van der Waals surface area contributed by atoms with Gasteiger partial charge in [0.1, 0.15) is 0 Å². The van der Waals surface area contributed by atoms with E-state index in [1.54, 1.807) is 6.92 Å². The van der Waals surface area contributed by atoms with Gasteiger partial charge in [0.15, 0.2) is 5.11 Å². The van der Waals surface area contributed by atoms with Crippen molar-refractivity contribution >= 4 is 39.2 Å². The maximum atomic E-state index is 12.5. The molecule has 0 amide bonds. The average molecular weight is 383 g/mol. The molecule has 1 unspecified atom stereocenters. The number of esters is 1. The molecule has 1 aromatic carbocycles. The van der Waals surface area contributed by atoms with Crippen LogP contribution < -0.4 is 10.6 Å². The molecule has 0 aliphatic carbocycles. The van der Waals surface area contributed by atoms with E-state index in [1.165, 1.54) is 0 Å². The number of rotatable bonds is 5. The van der Waals surface area contributed by atoms with Crippen LogP contribution in [0.1, 0.15) is 38.3 Å². The fourth-order valence-corrected chi connectivity index (χ4v) is 3.21. The third-order valence-electron chi connectivity index (χ3n) is 3.37.